The van der Waals surface area contributed by atoms with Crippen LogP contribution >= 0.6 is 34.5 Å². The summed E-state index contributed by atoms with van der Waals surface area (Å²) in [4.78, 5) is 27.8. The second kappa shape index (κ2) is 7.84. The zero-order chi connectivity index (χ0) is 21.5. The molecule has 0 spiro atoms. The second-order valence-corrected chi connectivity index (χ2v) is 9.55. The van der Waals surface area contributed by atoms with Crippen LogP contribution in [0.25, 0.3) is 10.3 Å². The Balaban J connectivity index is 1.96. The number of fused-ring (bicyclic) bond motifs is 1. The van der Waals surface area contributed by atoms with Crippen LogP contribution in [0.1, 0.15) is 10.4 Å². The Kier molecular flexibility index (Phi) is 5.37. The topological polar surface area (TPSA) is 97.6 Å². The molecule has 0 bridgehead atoms. The number of amides is 1. The molecule has 7 nitrogen and oxygen atoms in total. The van der Waals surface area contributed by atoms with Gasteiger partial charge in [0.15, 0.2) is 0 Å². The Morgan fingerprint density at radius 3 is 2.50 bits per heavy atom. The molecule has 152 valence electrons. The maximum Gasteiger partial charge on any atom is 0.396 e. The van der Waals surface area contributed by atoms with Gasteiger partial charge in [-0.3, -0.25) is 9.78 Å². The van der Waals surface area contributed by atoms with Gasteiger partial charge in [0.2, 0.25) is 0 Å². The Morgan fingerprint density at radius 1 is 1.03 bits per heavy atom. The van der Waals surface area contributed by atoms with E-state index in [0.29, 0.717) is 9.01 Å². The van der Waals surface area contributed by atoms with Gasteiger partial charge < -0.3 is 4.42 Å². The first-order valence-corrected chi connectivity index (χ1v) is 11.3. The number of aromatic nitrogens is 1. The van der Waals surface area contributed by atoms with Crippen molar-refractivity contribution in [2.45, 2.75) is 4.90 Å². The number of halogens is 2. The molecule has 30 heavy (non-hydrogen) atoms. The average Bonchev–Trinajstić information content (AvgIpc) is 3.09. The fourth-order valence-electron chi connectivity index (χ4n) is 2.74. The molecule has 0 N–H and O–H groups in total. The van der Waals surface area contributed by atoms with E-state index in [9.17, 15) is 18.0 Å². The minimum absolute atomic E-state index is 0.0115. The molecule has 0 unspecified atom stereocenters. The Morgan fingerprint density at radius 2 is 1.77 bits per heavy atom. The summed E-state index contributed by atoms with van der Waals surface area (Å²) in [7, 11) is -4.47. The third-order valence-electron chi connectivity index (χ3n) is 4.07. The molecule has 0 saturated heterocycles. The molecule has 1 amide bonds. The highest BCUT2D eigenvalue weighted by Gasteiger charge is 2.34. The molecular formula is C19H10Cl2N2O5S2. The maximum absolute atomic E-state index is 13.5. The van der Waals surface area contributed by atoms with Gasteiger partial charge in [-0.05, 0) is 48.5 Å². The van der Waals surface area contributed by atoms with Gasteiger partial charge in [0, 0.05) is 23.0 Å². The molecule has 2 aromatic heterocycles. The summed E-state index contributed by atoms with van der Waals surface area (Å²) in [6.45, 7) is 0. The first-order chi connectivity index (χ1) is 14.3. The summed E-state index contributed by atoms with van der Waals surface area (Å²) in [6, 6.07) is 10.9. The summed E-state index contributed by atoms with van der Waals surface area (Å²) in [5, 5.41) is 0.0405. The molecule has 2 heterocycles. The monoisotopic (exact) mass is 480 g/mol. The van der Waals surface area contributed by atoms with Gasteiger partial charge in [-0.15, -0.1) is 0 Å². The van der Waals surface area contributed by atoms with E-state index in [1.807, 2.05) is 0 Å². The molecule has 11 heteroatoms. The van der Waals surface area contributed by atoms with E-state index in [-0.39, 0.29) is 31.8 Å². The number of hydrogen-bond acceptors (Lipinski definition) is 7. The van der Waals surface area contributed by atoms with Crippen molar-refractivity contribution in [1.29, 1.82) is 0 Å². The fourth-order valence-corrected chi connectivity index (χ4v) is 5.59. The molecule has 0 saturated carbocycles. The van der Waals surface area contributed by atoms with E-state index in [0.717, 1.165) is 11.3 Å². The van der Waals surface area contributed by atoms with Crippen LogP contribution < -0.4 is 9.24 Å². The van der Waals surface area contributed by atoms with Crippen LogP contribution in [0.5, 0.6) is 0 Å². The zero-order valence-corrected chi connectivity index (χ0v) is 17.9. The average molecular weight is 481 g/mol. The summed E-state index contributed by atoms with van der Waals surface area (Å²) < 4.78 is 33.1. The van der Waals surface area contributed by atoms with Crippen molar-refractivity contribution in [2.24, 2.45) is 0 Å². The van der Waals surface area contributed by atoms with Gasteiger partial charge in [0.1, 0.15) is 10.5 Å². The van der Waals surface area contributed by atoms with Gasteiger partial charge in [0.05, 0.1) is 15.4 Å². The van der Waals surface area contributed by atoms with Crippen LogP contribution in [0, 0.1) is 0 Å². The molecule has 0 atom stereocenters. The van der Waals surface area contributed by atoms with Crippen molar-refractivity contribution < 1.29 is 17.6 Å². The van der Waals surface area contributed by atoms with Gasteiger partial charge in [-0.2, -0.15) is 4.31 Å². The van der Waals surface area contributed by atoms with E-state index in [1.54, 1.807) is 0 Å². The largest absolute Gasteiger partial charge is 0.414 e. The van der Waals surface area contributed by atoms with Crippen molar-refractivity contribution in [2.75, 3.05) is 4.31 Å². The molecule has 0 fully saturated rings. The van der Waals surface area contributed by atoms with Crippen LogP contribution in [-0.2, 0) is 10.0 Å². The van der Waals surface area contributed by atoms with Gasteiger partial charge in [-0.1, -0.05) is 34.5 Å². The minimum Gasteiger partial charge on any atom is -0.414 e. The number of anilines is 1. The smallest absolute Gasteiger partial charge is 0.396 e. The number of sulfonamides is 1. The van der Waals surface area contributed by atoms with Crippen LogP contribution in [0.15, 0.2) is 75.0 Å². The third-order valence-corrected chi connectivity index (χ3v) is 7.29. The van der Waals surface area contributed by atoms with Crippen molar-refractivity contribution >= 4 is 66.4 Å². The number of hydrogen-bond donors (Lipinski definition) is 0. The van der Waals surface area contributed by atoms with E-state index in [2.05, 4.69) is 4.98 Å². The minimum atomic E-state index is -4.47. The summed E-state index contributed by atoms with van der Waals surface area (Å²) in [5.74, 6) is -0.830. The molecule has 0 aliphatic heterocycles. The standard InChI is InChI=1S/C19H10Cl2N2O5S2/c20-12-1-3-14(21)17(9-12)30(26,27)23(18(24)11-5-7-22-8-6-11)13-2-4-15-16(10-13)29-19(25)28-15/h1-10H. The normalized spacial score (nSPS) is 11.5. The number of pyridine rings is 1. The number of carbonyl (C=O) groups is 1. The molecule has 2 aromatic carbocycles. The number of rotatable bonds is 4. The van der Waals surface area contributed by atoms with Crippen LogP contribution in [0.2, 0.25) is 10.0 Å². The van der Waals surface area contributed by atoms with Crippen LogP contribution in [-0.4, -0.2) is 19.3 Å². The number of nitrogens with zero attached hydrogens (tertiary/aromatic N) is 2. The first-order valence-electron chi connectivity index (χ1n) is 8.26. The molecule has 4 aromatic rings. The highest BCUT2D eigenvalue weighted by molar-refractivity contribution is 7.93. The Hall–Kier alpha value is -2.72. The Labute approximate surface area is 184 Å². The predicted octanol–water partition coefficient (Wildman–Crippen LogP) is 4.59. The molecule has 4 rings (SSSR count). The van der Waals surface area contributed by atoms with Gasteiger partial charge in [-0.25, -0.2) is 13.2 Å². The lowest BCUT2D eigenvalue weighted by Crippen LogP contribution is -2.37. The van der Waals surface area contributed by atoms with E-state index < -0.39 is 20.9 Å². The highest BCUT2D eigenvalue weighted by atomic mass is 35.5. The van der Waals surface area contributed by atoms with E-state index in [4.69, 9.17) is 27.6 Å². The van der Waals surface area contributed by atoms with Crippen molar-refractivity contribution in [3.63, 3.8) is 0 Å². The van der Waals surface area contributed by atoms with Crippen molar-refractivity contribution in [3.8, 4) is 0 Å². The molecule has 0 aliphatic rings. The van der Waals surface area contributed by atoms with E-state index >= 15 is 0 Å². The maximum atomic E-state index is 13.5. The van der Waals surface area contributed by atoms with Gasteiger partial charge >= 0.3 is 4.94 Å². The van der Waals surface area contributed by atoms with Crippen molar-refractivity contribution in [3.05, 3.63) is 86.3 Å². The molecule has 0 aliphatic carbocycles. The van der Waals surface area contributed by atoms with Gasteiger partial charge in [0.25, 0.3) is 15.9 Å². The summed E-state index contributed by atoms with van der Waals surface area (Å²) in [6.07, 6.45) is 2.74. The lowest BCUT2D eigenvalue weighted by molar-refractivity contribution is 0.101. The predicted molar refractivity (Wildman–Crippen MR) is 115 cm³/mol. The van der Waals surface area contributed by atoms with Crippen molar-refractivity contribution in [1.82, 2.24) is 4.98 Å². The van der Waals surface area contributed by atoms with Crippen LogP contribution in [0.4, 0.5) is 5.69 Å². The SMILES string of the molecule is O=C(c1ccncc1)N(c1ccc2oc(=O)sc2c1)S(=O)(=O)c1cc(Cl)ccc1Cl. The quantitative estimate of drug-likeness (QED) is 0.423. The van der Waals surface area contributed by atoms with Crippen LogP contribution in [0.3, 0.4) is 0 Å². The Bertz CT molecular complexity index is 1430. The third kappa shape index (κ3) is 3.72. The number of benzene rings is 2. The lowest BCUT2D eigenvalue weighted by atomic mass is 10.2. The first kappa shape index (κ1) is 20.5. The van der Waals surface area contributed by atoms with E-state index in [1.165, 1.54) is 60.9 Å². The highest BCUT2D eigenvalue weighted by Crippen LogP contribution is 2.33. The molecular weight excluding hydrogens is 471 g/mol. The fraction of sp³-hybridized carbons (Fsp3) is 0. The number of carbonyl (C=O) groups excluding carboxylic acids is 1. The second-order valence-electron chi connectivity index (χ2n) is 5.97. The summed E-state index contributed by atoms with van der Waals surface area (Å²) in [5.41, 5.74) is 0.382. The molecule has 0 radical (unpaired) electrons. The summed E-state index contributed by atoms with van der Waals surface area (Å²) >= 11 is 12.9. The zero-order valence-electron chi connectivity index (χ0n) is 14.8. The lowest BCUT2D eigenvalue weighted by Gasteiger charge is -2.23.